The molecule has 0 amide bonds. The van der Waals surface area contributed by atoms with E-state index in [4.69, 9.17) is 0 Å². The Morgan fingerprint density at radius 2 is 1.79 bits per heavy atom. The van der Waals surface area contributed by atoms with Crippen LogP contribution in [0.4, 0.5) is 0 Å². The summed E-state index contributed by atoms with van der Waals surface area (Å²) in [7, 11) is 0. The van der Waals surface area contributed by atoms with Crippen LogP contribution in [0.25, 0.3) is 0 Å². The van der Waals surface area contributed by atoms with E-state index in [-0.39, 0.29) is 12.0 Å². The first-order chi connectivity index (χ1) is 9.32. The largest absolute Gasteiger partial charge is 0.395 e. The van der Waals surface area contributed by atoms with Gasteiger partial charge < -0.3 is 5.11 Å². The summed E-state index contributed by atoms with van der Waals surface area (Å²) in [6.07, 6.45) is 1.83. The summed E-state index contributed by atoms with van der Waals surface area (Å²) in [6, 6.07) is 16.3. The standard InChI is InChI=1S/C16H18N2O/c19-13-16(14-6-2-1-3-7-14)11-18(12-16)10-15-8-4-5-9-17-15/h1-9,19H,10-13H2. The molecule has 2 heterocycles. The number of nitrogens with zero attached hydrogens (tertiary/aromatic N) is 2. The average molecular weight is 254 g/mol. The lowest BCUT2D eigenvalue weighted by Gasteiger charge is -2.49. The highest BCUT2D eigenvalue weighted by Crippen LogP contribution is 2.34. The third-order valence-electron chi connectivity index (χ3n) is 3.85. The molecule has 0 aliphatic carbocycles. The van der Waals surface area contributed by atoms with E-state index >= 15 is 0 Å². The van der Waals surface area contributed by atoms with Crippen LogP contribution in [-0.2, 0) is 12.0 Å². The molecule has 1 fully saturated rings. The van der Waals surface area contributed by atoms with Gasteiger partial charge in [0.1, 0.15) is 0 Å². The first kappa shape index (κ1) is 12.3. The van der Waals surface area contributed by atoms with Gasteiger partial charge in [-0.2, -0.15) is 0 Å². The van der Waals surface area contributed by atoms with E-state index in [0.29, 0.717) is 0 Å². The second-order valence-corrected chi connectivity index (χ2v) is 5.27. The van der Waals surface area contributed by atoms with Gasteiger partial charge in [0.25, 0.3) is 0 Å². The highest BCUT2D eigenvalue weighted by molar-refractivity contribution is 5.30. The van der Waals surface area contributed by atoms with Gasteiger partial charge in [-0.15, -0.1) is 0 Å². The Hall–Kier alpha value is -1.71. The monoisotopic (exact) mass is 254 g/mol. The molecule has 0 unspecified atom stereocenters. The van der Waals surface area contributed by atoms with Crippen molar-refractivity contribution >= 4 is 0 Å². The first-order valence-electron chi connectivity index (χ1n) is 6.61. The Kier molecular flexibility index (Phi) is 3.32. The van der Waals surface area contributed by atoms with E-state index in [0.717, 1.165) is 25.3 Å². The number of pyridine rings is 1. The molecule has 1 aromatic heterocycles. The molecular formula is C16H18N2O. The van der Waals surface area contributed by atoms with E-state index in [2.05, 4.69) is 22.0 Å². The van der Waals surface area contributed by atoms with Crippen molar-refractivity contribution in [2.45, 2.75) is 12.0 Å². The molecule has 1 aromatic carbocycles. The number of aliphatic hydroxyl groups excluding tert-OH is 1. The fourth-order valence-corrected chi connectivity index (χ4v) is 2.81. The minimum Gasteiger partial charge on any atom is -0.395 e. The van der Waals surface area contributed by atoms with Crippen molar-refractivity contribution < 1.29 is 5.11 Å². The average Bonchev–Trinajstić information content (AvgIpc) is 2.44. The molecule has 98 valence electrons. The fraction of sp³-hybridized carbons (Fsp3) is 0.312. The van der Waals surface area contributed by atoms with Crippen molar-refractivity contribution in [3.63, 3.8) is 0 Å². The van der Waals surface area contributed by atoms with Gasteiger partial charge >= 0.3 is 0 Å². The maximum absolute atomic E-state index is 9.73. The number of likely N-dealkylation sites (tertiary alicyclic amines) is 1. The molecule has 0 radical (unpaired) electrons. The summed E-state index contributed by atoms with van der Waals surface area (Å²) in [5.41, 5.74) is 2.23. The summed E-state index contributed by atoms with van der Waals surface area (Å²) in [5, 5.41) is 9.73. The van der Waals surface area contributed by atoms with Gasteiger partial charge in [-0.05, 0) is 17.7 Å². The summed E-state index contributed by atoms with van der Waals surface area (Å²) in [4.78, 5) is 6.67. The maximum Gasteiger partial charge on any atom is 0.0552 e. The van der Waals surface area contributed by atoms with Crippen LogP contribution in [0, 0.1) is 0 Å². The molecule has 1 saturated heterocycles. The van der Waals surface area contributed by atoms with Crippen LogP contribution in [0.5, 0.6) is 0 Å². The van der Waals surface area contributed by atoms with Crippen molar-refractivity contribution in [1.82, 2.24) is 9.88 Å². The highest BCUT2D eigenvalue weighted by Gasteiger charge is 2.43. The van der Waals surface area contributed by atoms with Crippen molar-refractivity contribution in [3.8, 4) is 0 Å². The lowest BCUT2D eigenvalue weighted by molar-refractivity contribution is 0.0132. The molecule has 0 saturated carbocycles. The summed E-state index contributed by atoms with van der Waals surface area (Å²) in [5.74, 6) is 0. The second-order valence-electron chi connectivity index (χ2n) is 5.27. The molecule has 3 nitrogen and oxygen atoms in total. The van der Waals surface area contributed by atoms with E-state index in [1.54, 1.807) is 0 Å². The normalized spacial score (nSPS) is 17.9. The Labute approximate surface area is 113 Å². The van der Waals surface area contributed by atoms with Crippen LogP contribution in [0.1, 0.15) is 11.3 Å². The Bertz CT molecular complexity index is 521. The zero-order valence-corrected chi connectivity index (χ0v) is 10.9. The van der Waals surface area contributed by atoms with Gasteiger partial charge in [0.05, 0.1) is 12.3 Å². The summed E-state index contributed by atoms with van der Waals surface area (Å²) < 4.78 is 0. The summed E-state index contributed by atoms with van der Waals surface area (Å²) in [6.45, 7) is 2.85. The van der Waals surface area contributed by atoms with Crippen LogP contribution >= 0.6 is 0 Å². The van der Waals surface area contributed by atoms with Crippen molar-refractivity contribution in [2.24, 2.45) is 0 Å². The van der Waals surface area contributed by atoms with Crippen molar-refractivity contribution in [2.75, 3.05) is 19.7 Å². The van der Waals surface area contributed by atoms with E-state index in [1.807, 2.05) is 42.6 Å². The Morgan fingerprint density at radius 1 is 1.05 bits per heavy atom. The molecule has 1 aliphatic rings. The van der Waals surface area contributed by atoms with Gasteiger partial charge in [0, 0.05) is 31.2 Å². The molecule has 0 atom stereocenters. The Balaban J connectivity index is 1.67. The predicted molar refractivity (Wildman–Crippen MR) is 74.7 cm³/mol. The molecule has 0 spiro atoms. The lowest BCUT2D eigenvalue weighted by atomic mass is 9.74. The Morgan fingerprint density at radius 3 is 2.42 bits per heavy atom. The van der Waals surface area contributed by atoms with Gasteiger partial charge in [0.15, 0.2) is 0 Å². The number of benzene rings is 1. The van der Waals surface area contributed by atoms with Crippen LogP contribution in [0.15, 0.2) is 54.7 Å². The SMILES string of the molecule is OCC1(c2ccccc2)CN(Cc2ccccn2)C1. The van der Waals surface area contributed by atoms with Gasteiger partial charge in [-0.3, -0.25) is 9.88 Å². The van der Waals surface area contributed by atoms with Crippen molar-refractivity contribution in [1.29, 1.82) is 0 Å². The molecule has 3 rings (SSSR count). The summed E-state index contributed by atoms with van der Waals surface area (Å²) >= 11 is 0. The van der Waals surface area contributed by atoms with E-state index < -0.39 is 0 Å². The van der Waals surface area contributed by atoms with Gasteiger partial charge in [-0.1, -0.05) is 36.4 Å². The molecule has 1 N–H and O–H groups in total. The number of rotatable bonds is 4. The molecule has 1 aliphatic heterocycles. The highest BCUT2D eigenvalue weighted by atomic mass is 16.3. The molecule has 19 heavy (non-hydrogen) atoms. The van der Waals surface area contributed by atoms with E-state index in [1.165, 1.54) is 5.56 Å². The smallest absolute Gasteiger partial charge is 0.0552 e. The van der Waals surface area contributed by atoms with Gasteiger partial charge in [0.2, 0.25) is 0 Å². The lowest BCUT2D eigenvalue weighted by Crippen LogP contribution is -2.60. The van der Waals surface area contributed by atoms with Crippen LogP contribution < -0.4 is 0 Å². The number of hydrogen-bond donors (Lipinski definition) is 1. The number of aromatic nitrogens is 1. The predicted octanol–water partition coefficient (Wildman–Crippen LogP) is 1.83. The van der Waals surface area contributed by atoms with Crippen LogP contribution in [0.3, 0.4) is 0 Å². The van der Waals surface area contributed by atoms with Crippen LogP contribution in [-0.4, -0.2) is 34.7 Å². The minimum atomic E-state index is -0.0873. The van der Waals surface area contributed by atoms with Crippen molar-refractivity contribution in [3.05, 3.63) is 66.0 Å². The maximum atomic E-state index is 9.73. The van der Waals surface area contributed by atoms with E-state index in [9.17, 15) is 5.11 Å². The quantitative estimate of drug-likeness (QED) is 0.904. The molecule has 2 aromatic rings. The second kappa shape index (κ2) is 5.11. The third-order valence-corrected chi connectivity index (χ3v) is 3.85. The number of hydrogen-bond acceptors (Lipinski definition) is 3. The van der Waals surface area contributed by atoms with Crippen LogP contribution in [0.2, 0.25) is 0 Å². The topological polar surface area (TPSA) is 36.4 Å². The molecule has 3 heteroatoms. The molecule has 0 bridgehead atoms. The zero-order chi connectivity index (χ0) is 13.1. The number of aliphatic hydroxyl groups is 1. The third kappa shape index (κ3) is 2.39. The van der Waals surface area contributed by atoms with Gasteiger partial charge in [-0.25, -0.2) is 0 Å². The zero-order valence-electron chi connectivity index (χ0n) is 10.9. The fourth-order valence-electron chi connectivity index (χ4n) is 2.81. The molecular weight excluding hydrogens is 236 g/mol. The minimum absolute atomic E-state index is 0.0873. The first-order valence-corrected chi connectivity index (χ1v) is 6.61.